The van der Waals surface area contributed by atoms with Crippen molar-refractivity contribution in [2.45, 2.75) is 37.1 Å². The number of hydrogen-bond donors (Lipinski definition) is 1. The van der Waals surface area contributed by atoms with Crippen molar-refractivity contribution in [1.82, 2.24) is 4.98 Å². The summed E-state index contributed by atoms with van der Waals surface area (Å²) in [7, 11) is 0. The number of aromatic nitrogens is 1. The summed E-state index contributed by atoms with van der Waals surface area (Å²) >= 11 is 3.29. The van der Waals surface area contributed by atoms with Crippen LogP contribution in [0.5, 0.6) is 0 Å². The van der Waals surface area contributed by atoms with Gasteiger partial charge in [-0.05, 0) is 44.5 Å². The van der Waals surface area contributed by atoms with Crippen molar-refractivity contribution in [3.8, 4) is 0 Å². The molecular weight excluding hydrogens is 392 g/mol. The Bertz CT molecular complexity index is 921. The lowest BCUT2D eigenvalue weighted by molar-refractivity contribution is -0.153. The van der Waals surface area contributed by atoms with Crippen LogP contribution in [-0.4, -0.2) is 28.7 Å². The first-order valence-electron chi connectivity index (χ1n) is 9.06. The third-order valence-electron chi connectivity index (χ3n) is 4.02. The van der Waals surface area contributed by atoms with Gasteiger partial charge in [0.2, 0.25) is 0 Å². The number of fused-ring (bicyclic) bond motifs is 1. The highest BCUT2D eigenvalue weighted by molar-refractivity contribution is 8.01. The van der Waals surface area contributed by atoms with E-state index in [0.717, 1.165) is 25.9 Å². The summed E-state index contributed by atoms with van der Waals surface area (Å²) in [6.45, 7) is 3.56. The Hall–Kier alpha value is -2.38. The highest BCUT2D eigenvalue weighted by Gasteiger charge is 2.17. The van der Waals surface area contributed by atoms with Crippen LogP contribution in [0, 0.1) is 6.92 Å². The van der Waals surface area contributed by atoms with Crippen molar-refractivity contribution in [2.75, 3.05) is 11.1 Å². The molecule has 0 unspecified atom stereocenters. The van der Waals surface area contributed by atoms with E-state index in [4.69, 9.17) is 4.74 Å². The zero-order valence-corrected chi connectivity index (χ0v) is 17.4. The number of rotatable bonds is 8. The maximum absolute atomic E-state index is 12.1. The predicted molar refractivity (Wildman–Crippen MR) is 115 cm³/mol. The summed E-state index contributed by atoms with van der Waals surface area (Å²) in [4.78, 5) is 28.7. The van der Waals surface area contributed by atoms with Gasteiger partial charge in [-0.2, -0.15) is 0 Å². The number of thioether (sulfide) groups is 1. The minimum Gasteiger partial charge on any atom is -0.453 e. The molecule has 3 aromatic rings. The average molecular weight is 415 g/mol. The molecule has 0 fully saturated rings. The maximum Gasteiger partial charge on any atom is 0.306 e. The van der Waals surface area contributed by atoms with Gasteiger partial charge in [0.25, 0.3) is 5.91 Å². The molecule has 0 aliphatic rings. The summed E-state index contributed by atoms with van der Waals surface area (Å²) in [6.07, 6.45) is 0.122. The Balaban J connectivity index is 1.37. The van der Waals surface area contributed by atoms with Gasteiger partial charge >= 0.3 is 5.97 Å². The molecule has 3 rings (SSSR count). The molecule has 0 radical (unpaired) electrons. The number of amides is 1. The van der Waals surface area contributed by atoms with E-state index in [1.165, 1.54) is 0 Å². The Morgan fingerprint density at radius 1 is 1.18 bits per heavy atom. The number of anilines is 1. The standard InChI is InChI=1S/C21H22N2O3S2/c1-14-9-11-16(12-10-14)22-20(25)15(2)26-19(24)8-5-13-27-21-23-17-6-3-4-7-18(17)28-21/h3-4,6-7,9-12,15H,5,8,13H2,1-2H3,(H,22,25)/t15-/m1/s1. The molecule has 0 spiro atoms. The second-order valence-electron chi connectivity index (χ2n) is 6.39. The van der Waals surface area contributed by atoms with Crippen LogP contribution in [0.4, 0.5) is 5.69 Å². The maximum atomic E-state index is 12.1. The molecule has 1 heterocycles. The Morgan fingerprint density at radius 3 is 2.68 bits per heavy atom. The summed E-state index contributed by atoms with van der Waals surface area (Å²) in [5, 5.41) is 2.75. The van der Waals surface area contributed by atoms with Crippen molar-refractivity contribution in [3.05, 3.63) is 54.1 Å². The number of ether oxygens (including phenoxy) is 1. The Kier molecular flexibility index (Phi) is 7.06. The summed E-state index contributed by atoms with van der Waals surface area (Å²) in [5.74, 6) is 0.0799. The summed E-state index contributed by atoms with van der Waals surface area (Å²) in [5.41, 5.74) is 2.80. The van der Waals surface area contributed by atoms with E-state index in [-0.39, 0.29) is 18.3 Å². The number of aryl methyl sites for hydroxylation is 1. The zero-order valence-electron chi connectivity index (χ0n) is 15.8. The van der Waals surface area contributed by atoms with E-state index in [9.17, 15) is 9.59 Å². The molecule has 5 nitrogen and oxygen atoms in total. The number of thiazole rings is 1. The molecule has 0 aliphatic carbocycles. The largest absolute Gasteiger partial charge is 0.453 e. The van der Waals surface area contributed by atoms with Crippen LogP contribution in [0.25, 0.3) is 10.2 Å². The van der Waals surface area contributed by atoms with E-state index in [0.29, 0.717) is 12.1 Å². The fourth-order valence-electron chi connectivity index (χ4n) is 2.48. The fraction of sp³-hybridized carbons (Fsp3) is 0.286. The molecule has 2 aromatic carbocycles. The quantitative estimate of drug-likeness (QED) is 0.317. The van der Waals surface area contributed by atoms with Gasteiger partial charge in [-0.1, -0.05) is 41.6 Å². The van der Waals surface area contributed by atoms with Crippen molar-refractivity contribution >= 4 is 50.9 Å². The fourth-order valence-corrected chi connectivity index (χ4v) is 4.56. The number of carbonyl (C=O) groups is 2. The van der Waals surface area contributed by atoms with Gasteiger partial charge < -0.3 is 10.1 Å². The topological polar surface area (TPSA) is 68.3 Å². The van der Waals surface area contributed by atoms with E-state index < -0.39 is 6.10 Å². The molecule has 1 N–H and O–H groups in total. The number of para-hydroxylation sites is 1. The SMILES string of the molecule is Cc1ccc(NC(=O)[C@@H](C)OC(=O)CCCSc2nc3ccccc3s2)cc1. The molecule has 0 bridgehead atoms. The molecule has 0 saturated heterocycles. The molecule has 0 aliphatic heterocycles. The summed E-state index contributed by atoms with van der Waals surface area (Å²) < 4.78 is 7.40. The highest BCUT2D eigenvalue weighted by Crippen LogP contribution is 2.29. The minimum atomic E-state index is -0.828. The van der Waals surface area contributed by atoms with Crippen molar-refractivity contribution in [3.63, 3.8) is 0 Å². The van der Waals surface area contributed by atoms with Crippen LogP contribution in [0.1, 0.15) is 25.3 Å². The van der Waals surface area contributed by atoms with Gasteiger partial charge in [-0.25, -0.2) is 4.98 Å². The van der Waals surface area contributed by atoms with E-state index in [2.05, 4.69) is 16.4 Å². The molecule has 1 atom stereocenters. The van der Waals surface area contributed by atoms with Gasteiger partial charge in [-0.3, -0.25) is 9.59 Å². The molecule has 1 amide bonds. The predicted octanol–water partition coefficient (Wildman–Crippen LogP) is 5.05. The first-order chi connectivity index (χ1) is 13.5. The van der Waals surface area contributed by atoms with Gasteiger partial charge in [0.05, 0.1) is 10.2 Å². The van der Waals surface area contributed by atoms with Crippen LogP contribution in [0.2, 0.25) is 0 Å². The molecule has 1 aromatic heterocycles. The van der Waals surface area contributed by atoms with Crippen LogP contribution < -0.4 is 5.32 Å². The number of nitrogens with one attached hydrogen (secondary N) is 1. The average Bonchev–Trinajstić information content (AvgIpc) is 3.10. The molecular formula is C21H22N2O3S2. The number of nitrogens with zero attached hydrogens (tertiary/aromatic N) is 1. The van der Waals surface area contributed by atoms with Gasteiger partial charge in [0.15, 0.2) is 10.4 Å². The third kappa shape index (κ3) is 5.81. The zero-order chi connectivity index (χ0) is 19.9. The lowest BCUT2D eigenvalue weighted by Gasteiger charge is -2.13. The Morgan fingerprint density at radius 2 is 1.93 bits per heavy atom. The van der Waals surface area contributed by atoms with Crippen LogP contribution in [0.3, 0.4) is 0 Å². The lowest BCUT2D eigenvalue weighted by Crippen LogP contribution is -2.29. The van der Waals surface area contributed by atoms with E-state index in [1.54, 1.807) is 30.0 Å². The lowest BCUT2D eigenvalue weighted by atomic mass is 10.2. The third-order valence-corrected chi connectivity index (χ3v) is 6.29. The smallest absolute Gasteiger partial charge is 0.306 e. The molecule has 7 heteroatoms. The van der Waals surface area contributed by atoms with Crippen molar-refractivity contribution in [2.24, 2.45) is 0 Å². The minimum absolute atomic E-state index is 0.278. The van der Waals surface area contributed by atoms with Crippen LogP contribution >= 0.6 is 23.1 Å². The second-order valence-corrected chi connectivity index (χ2v) is 8.76. The monoisotopic (exact) mass is 414 g/mol. The number of carbonyl (C=O) groups excluding carboxylic acids is 2. The number of esters is 1. The molecule has 28 heavy (non-hydrogen) atoms. The van der Waals surface area contributed by atoms with Crippen molar-refractivity contribution < 1.29 is 14.3 Å². The first-order valence-corrected chi connectivity index (χ1v) is 10.9. The van der Waals surface area contributed by atoms with E-state index >= 15 is 0 Å². The Labute approximate surface area is 172 Å². The first kappa shape index (κ1) is 20.4. The van der Waals surface area contributed by atoms with E-state index in [1.807, 2.05) is 49.4 Å². The van der Waals surface area contributed by atoms with Gasteiger partial charge in [0, 0.05) is 17.9 Å². The second kappa shape index (κ2) is 9.71. The molecule has 0 saturated carbocycles. The normalized spacial score (nSPS) is 11.9. The van der Waals surface area contributed by atoms with Crippen LogP contribution in [-0.2, 0) is 14.3 Å². The number of hydrogen-bond acceptors (Lipinski definition) is 6. The van der Waals surface area contributed by atoms with Crippen molar-refractivity contribution in [1.29, 1.82) is 0 Å². The number of benzene rings is 2. The van der Waals surface area contributed by atoms with Gasteiger partial charge in [-0.15, -0.1) is 11.3 Å². The summed E-state index contributed by atoms with van der Waals surface area (Å²) in [6, 6.07) is 15.5. The highest BCUT2D eigenvalue weighted by atomic mass is 32.2. The van der Waals surface area contributed by atoms with Crippen LogP contribution in [0.15, 0.2) is 52.9 Å². The van der Waals surface area contributed by atoms with Gasteiger partial charge in [0.1, 0.15) is 0 Å². The molecule has 146 valence electrons.